The maximum absolute atomic E-state index is 4.31. The minimum atomic E-state index is 0.779. The Morgan fingerprint density at radius 3 is 2.89 bits per heavy atom. The highest BCUT2D eigenvalue weighted by Crippen LogP contribution is 2.29. The molecule has 2 N–H and O–H groups in total. The van der Waals surface area contributed by atoms with E-state index in [4.69, 9.17) is 0 Å². The van der Waals surface area contributed by atoms with E-state index in [1.54, 1.807) is 12.4 Å². The summed E-state index contributed by atoms with van der Waals surface area (Å²) >= 11 is 3.54. The minimum absolute atomic E-state index is 0.779. The third kappa shape index (κ3) is 2.79. The van der Waals surface area contributed by atoms with Gasteiger partial charge >= 0.3 is 0 Å². The highest BCUT2D eigenvalue weighted by Gasteiger charge is 2.07. The SMILES string of the molecule is C=C(NCCC)Nc1ccc2nccnc2c1Br. The van der Waals surface area contributed by atoms with E-state index in [2.05, 4.69) is 50.0 Å². The number of aromatic nitrogens is 2. The highest BCUT2D eigenvalue weighted by molar-refractivity contribution is 9.10. The molecule has 0 aliphatic carbocycles. The first kappa shape index (κ1) is 12.8. The quantitative estimate of drug-likeness (QED) is 0.890. The molecule has 1 aromatic heterocycles. The van der Waals surface area contributed by atoms with E-state index in [0.29, 0.717) is 0 Å². The summed E-state index contributed by atoms with van der Waals surface area (Å²) in [5.41, 5.74) is 2.63. The van der Waals surface area contributed by atoms with Gasteiger partial charge in [-0.05, 0) is 34.5 Å². The summed E-state index contributed by atoms with van der Waals surface area (Å²) in [6.45, 7) is 6.94. The summed E-state index contributed by atoms with van der Waals surface area (Å²) in [6, 6.07) is 3.89. The number of halogens is 1. The number of nitrogens with zero attached hydrogens (tertiary/aromatic N) is 2. The normalized spacial score (nSPS) is 10.3. The Balaban J connectivity index is 2.24. The topological polar surface area (TPSA) is 49.8 Å². The molecule has 0 amide bonds. The molecule has 0 atom stereocenters. The Morgan fingerprint density at radius 1 is 1.33 bits per heavy atom. The first-order valence-corrected chi connectivity index (χ1v) is 6.60. The van der Waals surface area contributed by atoms with Crippen LogP contribution in [0, 0.1) is 0 Å². The van der Waals surface area contributed by atoms with Crippen molar-refractivity contribution in [1.29, 1.82) is 0 Å². The van der Waals surface area contributed by atoms with Gasteiger partial charge in [0, 0.05) is 18.9 Å². The van der Waals surface area contributed by atoms with Crippen LogP contribution in [0.15, 0.2) is 41.4 Å². The first-order chi connectivity index (χ1) is 8.72. The molecule has 0 unspecified atom stereocenters. The van der Waals surface area contributed by atoms with Crippen molar-refractivity contribution in [1.82, 2.24) is 15.3 Å². The fourth-order valence-corrected chi connectivity index (χ4v) is 2.12. The van der Waals surface area contributed by atoms with Gasteiger partial charge in [0.2, 0.25) is 0 Å². The smallest absolute Gasteiger partial charge is 0.105 e. The fourth-order valence-electron chi connectivity index (χ4n) is 1.58. The van der Waals surface area contributed by atoms with Crippen molar-refractivity contribution >= 4 is 32.7 Å². The van der Waals surface area contributed by atoms with Crippen molar-refractivity contribution in [2.24, 2.45) is 0 Å². The molecule has 0 aliphatic heterocycles. The molecule has 0 spiro atoms. The average Bonchev–Trinajstić information content (AvgIpc) is 2.40. The lowest BCUT2D eigenvalue weighted by molar-refractivity contribution is 0.776. The number of hydrogen-bond donors (Lipinski definition) is 2. The van der Waals surface area contributed by atoms with E-state index in [9.17, 15) is 0 Å². The molecule has 2 aromatic rings. The van der Waals surface area contributed by atoms with Crippen molar-refractivity contribution < 1.29 is 0 Å². The summed E-state index contributed by atoms with van der Waals surface area (Å²) in [5, 5.41) is 6.41. The van der Waals surface area contributed by atoms with E-state index < -0.39 is 0 Å². The molecular weight excluding hydrogens is 292 g/mol. The molecule has 4 nitrogen and oxygen atoms in total. The molecule has 0 bridgehead atoms. The Hall–Kier alpha value is -1.62. The lowest BCUT2D eigenvalue weighted by Gasteiger charge is -2.13. The second-order valence-corrected chi connectivity index (χ2v) is 4.67. The highest BCUT2D eigenvalue weighted by atomic mass is 79.9. The number of anilines is 1. The van der Waals surface area contributed by atoms with Crippen molar-refractivity contribution in [3.05, 3.63) is 41.4 Å². The maximum atomic E-state index is 4.31. The standard InChI is InChI=1S/C13H15BrN4/c1-3-6-15-9(2)18-10-4-5-11-13(12(10)14)17-8-7-16-11/h4-5,7-8,15,18H,2-3,6H2,1H3. The molecule has 5 heteroatoms. The number of rotatable bonds is 5. The Morgan fingerprint density at radius 2 is 2.11 bits per heavy atom. The molecule has 0 saturated heterocycles. The second kappa shape index (κ2) is 5.82. The van der Waals surface area contributed by atoms with Crippen LogP contribution >= 0.6 is 15.9 Å². The van der Waals surface area contributed by atoms with Crippen LogP contribution in [0.1, 0.15) is 13.3 Å². The number of fused-ring (bicyclic) bond motifs is 1. The van der Waals surface area contributed by atoms with Crippen LogP contribution in [0.5, 0.6) is 0 Å². The Labute approximate surface area is 115 Å². The van der Waals surface area contributed by atoms with Crippen LogP contribution in [0.4, 0.5) is 5.69 Å². The van der Waals surface area contributed by atoms with Gasteiger partial charge in [-0.25, -0.2) is 0 Å². The van der Waals surface area contributed by atoms with Crippen molar-refractivity contribution in [2.45, 2.75) is 13.3 Å². The molecule has 1 heterocycles. The molecule has 0 radical (unpaired) electrons. The number of nitrogens with one attached hydrogen (secondary N) is 2. The zero-order chi connectivity index (χ0) is 13.0. The van der Waals surface area contributed by atoms with Gasteiger partial charge in [0.05, 0.1) is 21.5 Å². The van der Waals surface area contributed by atoms with Crippen LogP contribution in [-0.2, 0) is 0 Å². The lowest BCUT2D eigenvalue weighted by Crippen LogP contribution is -2.19. The van der Waals surface area contributed by atoms with Gasteiger partial charge in [-0.2, -0.15) is 0 Å². The summed E-state index contributed by atoms with van der Waals surface area (Å²) in [6.07, 6.45) is 4.43. The van der Waals surface area contributed by atoms with Gasteiger partial charge < -0.3 is 10.6 Å². The van der Waals surface area contributed by atoms with Crippen molar-refractivity contribution in [2.75, 3.05) is 11.9 Å². The van der Waals surface area contributed by atoms with Gasteiger partial charge in [0.15, 0.2) is 0 Å². The van der Waals surface area contributed by atoms with Crippen molar-refractivity contribution in [3.8, 4) is 0 Å². The average molecular weight is 307 g/mol. The monoisotopic (exact) mass is 306 g/mol. The predicted octanol–water partition coefficient (Wildman–Crippen LogP) is 3.28. The van der Waals surface area contributed by atoms with Crippen LogP contribution in [0.2, 0.25) is 0 Å². The Bertz CT molecular complexity index is 568. The van der Waals surface area contributed by atoms with Crippen LogP contribution in [0.3, 0.4) is 0 Å². The lowest BCUT2D eigenvalue weighted by atomic mass is 10.2. The second-order valence-electron chi connectivity index (χ2n) is 3.88. The summed E-state index contributed by atoms with van der Waals surface area (Å²) < 4.78 is 0.896. The molecule has 0 saturated carbocycles. The van der Waals surface area contributed by atoms with Gasteiger partial charge in [0.25, 0.3) is 0 Å². The van der Waals surface area contributed by atoms with Crippen LogP contribution in [0.25, 0.3) is 11.0 Å². The largest absolute Gasteiger partial charge is 0.372 e. The van der Waals surface area contributed by atoms with Crippen LogP contribution in [-0.4, -0.2) is 16.5 Å². The zero-order valence-corrected chi connectivity index (χ0v) is 11.8. The third-order valence-electron chi connectivity index (χ3n) is 2.45. The maximum Gasteiger partial charge on any atom is 0.105 e. The van der Waals surface area contributed by atoms with E-state index in [-0.39, 0.29) is 0 Å². The summed E-state index contributed by atoms with van der Waals surface area (Å²) in [4.78, 5) is 8.56. The molecule has 94 valence electrons. The molecule has 18 heavy (non-hydrogen) atoms. The number of benzene rings is 1. The number of hydrogen-bond acceptors (Lipinski definition) is 4. The minimum Gasteiger partial charge on any atom is -0.372 e. The fraction of sp³-hybridized carbons (Fsp3) is 0.231. The van der Waals surface area contributed by atoms with Crippen molar-refractivity contribution in [3.63, 3.8) is 0 Å². The summed E-state index contributed by atoms with van der Waals surface area (Å²) in [7, 11) is 0. The zero-order valence-electron chi connectivity index (χ0n) is 10.2. The molecular formula is C13H15BrN4. The summed E-state index contributed by atoms with van der Waals surface area (Å²) in [5.74, 6) is 0.779. The molecule has 1 aromatic carbocycles. The molecule has 2 rings (SSSR count). The molecule has 0 aliphatic rings. The van der Waals surface area contributed by atoms with E-state index in [1.807, 2.05) is 12.1 Å². The van der Waals surface area contributed by atoms with Crippen LogP contribution < -0.4 is 10.6 Å². The van der Waals surface area contributed by atoms with E-state index in [0.717, 1.165) is 40.0 Å². The first-order valence-electron chi connectivity index (χ1n) is 5.81. The third-order valence-corrected chi connectivity index (χ3v) is 3.26. The predicted molar refractivity (Wildman–Crippen MR) is 78.3 cm³/mol. The van der Waals surface area contributed by atoms with E-state index in [1.165, 1.54) is 0 Å². The van der Waals surface area contributed by atoms with Gasteiger partial charge in [-0.1, -0.05) is 13.5 Å². The van der Waals surface area contributed by atoms with Gasteiger partial charge in [0.1, 0.15) is 5.52 Å². The van der Waals surface area contributed by atoms with Gasteiger partial charge in [-0.3, -0.25) is 9.97 Å². The Kier molecular flexibility index (Phi) is 4.15. The van der Waals surface area contributed by atoms with E-state index >= 15 is 0 Å². The van der Waals surface area contributed by atoms with Gasteiger partial charge in [-0.15, -0.1) is 0 Å². The molecule has 0 fully saturated rings.